The van der Waals surface area contributed by atoms with Gasteiger partial charge in [-0.1, -0.05) is 20.8 Å². The maximum Gasteiger partial charge on any atom is 0.00743 e. The number of rotatable bonds is 1. The van der Waals surface area contributed by atoms with Crippen molar-refractivity contribution in [3.05, 3.63) is 0 Å². The minimum Gasteiger partial charge on any atom is -0.271 e. The predicted molar refractivity (Wildman–Crippen MR) is 64.6 cm³/mol. The molecule has 0 aromatic rings. The van der Waals surface area contributed by atoms with Gasteiger partial charge < -0.3 is 0 Å². The Morgan fingerprint density at radius 3 is 1.85 bits per heavy atom. The molecule has 1 fully saturated rings. The molecule has 1 aliphatic rings. The summed E-state index contributed by atoms with van der Waals surface area (Å²) in [4.78, 5) is 0. The van der Waals surface area contributed by atoms with Crippen molar-refractivity contribution in [1.29, 1.82) is 0 Å². The normalized spacial score (nSPS) is 23.3. The molecule has 0 unspecified atom stereocenters. The Kier molecular flexibility index (Phi) is 3.70. The molecule has 80 valence electrons. The third-order valence-electron chi connectivity index (χ3n) is 3.26. The summed E-state index contributed by atoms with van der Waals surface area (Å²) >= 11 is 0.160. The molecule has 0 aromatic carbocycles. The van der Waals surface area contributed by atoms with Gasteiger partial charge in [-0.25, -0.2) is 11.1 Å². The Morgan fingerprint density at radius 1 is 1.08 bits per heavy atom. The molecule has 0 atom stereocenters. The fourth-order valence-electron chi connectivity index (χ4n) is 2.13. The van der Waals surface area contributed by atoms with Gasteiger partial charge in [-0.15, -0.1) is 0 Å². The molecule has 0 aromatic heterocycles. The zero-order valence-corrected chi connectivity index (χ0v) is 10.7. The second kappa shape index (κ2) is 4.22. The molecule has 1 aliphatic heterocycles. The van der Waals surface area contributed by atoms with Crippen molar-refractivity contribution < 1.29 is 0 Å². The third-order valence-corrected chi connectivity index (χ3v) is 4.79. The van der Waals surface area contributed by atoms with Gasteiger partial charge in [0, 0.05) is 13.1 Å². The van der Waals surface area contributed by atoms with E-state index in [-0.39, 0.29) is 11.1 Å². The quantitative estimate of drug-likeness (QED) is 0.641. The van der Waals surface area contributed by atoms with Crippen molar-refractivity contribution >= 4 is 11.1 Å². The van der Waals surface area contributed by atoms with E-state index in [4.69, 9.17) is 0 Å². The van der Waals surface area contributed by atoms with Crippen LogP contribution in [0.25, 0.3) is 0 Å². The lowest BCUT2D eigenvalue weighted by Gasteiger charge is -2.41. The first-order chi connectivity index (χ1) is 5.91. The number of nitrogens with zero attached hydrogens (tertiary/aromatic N) is 1. The Balaban J connectivity index is 2.39. The molecule has 0 spiro atoms. The summed E-state index contributed by atoms with van der Waals surface area (Å²) in [6.07, 6.45) is 7.55. The van der Waals surface area contributed by atoms with Crippen LogP contribution in [0.15, 0.2) is 0 Å². The average molecular weight is 203 g/mol. The van der Waals surface area contributed by atoms with E-state index in [2.05, 4.69) is 37.6 Å². The van der Waals surface area contributed by atoms with Gasteiger partial charge in [0.25, 0.3) is 0 Å². The number of hydrogen-bond acceptors (Lipinski definition) is 1. The van der Waals surface area contributed by atoms with Gasteiger partial charge in [-0.2, -0.15) is 0 Å². The topological polar surface area (TPSA) is 3.24 Å². The van der Waals surface area contributed by atoms with Crippen molar-refractivity contribution in [1.82, 2.24) is 4.31 Å². The van der Waals surface area contributed by atoms with Crippen LogP contribution in [0.5, 0.6) is 0 Å². The van der Waals surface area contributed by atoms with Crippen LogP contribution in [0.2, 0.25) is 0 Å². The van der Waals surface area contributed by atoms with Gasteiger partial charge >= 0.3 is 0 Å². The molecule has 0 N–H and O–H groups in total. The van der Waals surface area contributed by atoms with Gasteiger partial charge in [0.15, 0.2) is 0 Å². The molecular weight excluding hydrogens is 178 g/mol. The van der Waals surface area contributed by atoms with Gasteiger partial charge in [0.1, 0.15) is 0 Å². The summed E-state index contributed by atoms with van der Waals surface area (Å²) in [6, 6.07) is 0. The van der Waals surface area contributed by atoms with Crippen LogP contribution >= 0.6 is 11.1 Å². The van der Waals surface area contributed by atoms with E-state index in [1.165, 1.54) is 25.9 Å². The molecule has 1 heterocycles. The third kappa shape index (κ3) is 3.17. The maximum atomic E-state index is 2.66. The standard InChI is InChI=1S/C11H25NS/c1-11(2,3)10-6-8-12(9-7-10)13(4)5/h10,13H,6-9H2,1-5H3. The van der Waals surface area contributed by atoms with Crippen molar-refractivity contribution in [2.45, 2.75) is 33.6 Å². The van der Waals surface area contributed by atoms with E-state index in [1.54, 1.807) is 0 Å². The summed E-state index contributed by atoms with van der Waals surface area (Å²) in [6.45, 7) is 9.82. The van der Waals surface area contributed by atoms with Gasteiger partial charge in [0.2, 0.25) is 0 Å². The van der Waals surface area contributed by atoms with Crippen molar-refractivity contribution in [2.75, 3.05) is 25.6 Å². The van der Waals surface area contributed by atoms with Crippen LogP contribution in [0, 0.1) is 11.3 Å². The van der Waals surface area contributed by atoms with E-state index in [0.29, 0.717) is 5.41 Å². The SMILES string of the molecule is C[SH](C)N1CCC(C(C)(C)C)CC1. The molecule has 2 heteroatoms. The first-order valence-corrected chi connectivity index (χ1v) is 7.52. The van der Waals surface area contributed by atoms with E-state index in [0.717, 1.165) is 5.92 Å². The Hall–Kier alpha value is 0.310. The van der Waals surface area contributed by atoms with Crippen LogP contribution in [-0.4, -0.2) is 29.9 Å². The Morgan fingerprint density at radius 2 is 1.54 bits per heavy atom. The summed E-state index contributed by atoms with van der Waals surface area (Å²) in [7, 11) is 0. The Labute approximate surface area is 86.4 Å². The van der Waals surface area contributed by atoms with Crippen LogP contribution in [0.4, 0.5) is 0 Å². The van der Waals surface area contributed by atoms with Gasteiger partial charge in [0.05, 0.1) is 0 Å². The maximum absolute atomic E-state index is 2.66. The highest BCUT2D eigenvalue weighted by atomic mass is 32.2. The van der Waals surface area contributed by atoms with Crippen molar-refractivity contribution in [3.63, 3.8) is 0 Å². The highest BCUT2D eigenvalue weighted by Gasteiger charge is 2.28. The fourth-order valence-corrected chi connectivity index (χ4v) is 3.16. The lowest BCUT2D eigenvalue weighted by Crippen LogP contribution is -2.35. The number of piperidine rings is 1. The zero-order valence-electron chi connectivity index (χ0n) is 9.80. The van der Waals surface area contributed by atoms with Crippen molar-refractivity contribution in [3.8, 4) is 0 Å². The molecule has 0 amide bonds. The molecule has 1 rings (SSSR count). The van der Waals surface area contributed by atoms with Crippen LogP contribution in [0.1, 0.15) is 33.6 Å². The highest BCUT2D eigenvalue weighted by Crippen LogP contribution is 2.37. The molecule has 1 saturated heterocycles. The number of thiol groups is 1. The van der Waals surface area contributed by atoms with E-state index in [1.807, 2.05) is 0 Å². The number of hydrogen-bond donors (Lipinski definition) is 1. The molecular formula is C11H25NS. The molecule has 0 aliphatic carbocycles. The second-order valence-electron chi connectivity index (χ2n) is 5.44. The molecule has 1 nitrogen and oxygen atoms in total. The van der Waals surface area contributed by atoms with E-state index in [9.17, 15) is 0 Å². The van der Waals surface area contributed by atoms with Crippen LogP contribution < -0.4 is 0 Å². The van der Waals surface area contributed by atoms with Gasteiger partial charge in [-0.3, -0.25) is 4.31 Å². The summed E-state index contributed by atoms with van der Waals surface area (Å²) in [5.74, 6) is 0.943. The minimum atomic E-state index is 0.160. The predicted octanol–water partition coefficient (Wildman–Crippen LogP) is 2.92. The minimum absolute atomic E-state index is 0.160. The average Bonchev–Trinajstić information content (AvgIpc) is 2.03. The largest absolute Gasteiger partial charge is 0.271 e. The van der Waals surface area contributed by atoms with Crippen molar-refractivity contribution in [2.24, 2.45) is 11.3 Å². The monoisotopic (exact) mass is 203 g/mol. The molecule has 0 saturated carbocycles. The molecule has 0 bridgehead atoms. The first kappa shape index (κ1) is 11.4. The Bertz CT molecular complexity index is 152. The smallest absolute Gasteiger partial charge is 0.00743 e. The molecule has 0 radical (unpaired) electrons. The molecule has 13 heavy (non-hydrogen) atoms. The van der Waals surface area contributed by atoms with E-state index >= 15 is 0 Å². The summed E-state index contributed by atoms with van der Waals surface area (Å²) in [5.41, 5.74) is 0.524. The van der Waals surface area contributed by atoms with Crippen LogP contribution in [-0.2, 0) is 0 Å². The lowest BCUT2D eigenvalue weighted by atomic mass is 9.76. The van der Waals surface area contributed by atoms with Gasteiger partial charge in [-0.05, 0) is 36.7 Å². The zero-order chi connectivity index (χ0) is 10.1. The summed E-state index contributed by atoms with van der Waals surface area (Å²) in [5, 5.41) is 0. The lowest BCUT2D eigenvalue weighted by molar-refractivity contribution is 0.158. The summed E-state index contributed by atoms with van der Waals surface area (Å²) < 4.78 is 2.66. The fraction of sp³-hybridized carbons (Fsp3) is 1.00. The first-order valence-electron chi connectivity index (χ1n) is 5.33. The van der Waals surface area contributed by atoms with E-state index < -0.39 is 0 Å². The second-order valence-corrected chi connectivity index (χ2v) is 7.70. The van der Waals surface area contributed by atoms with Crippen LogP contribution in [0.3, 0.4) is 0 Å². The highest BCUT2D eigenvalue weighted by molar-refractivity contribution is 8.13.